The number of benzene rings is 1. The monoisotopic (exact) mass is 328 g/mol. The zero-order valence-electron chi connectivity index (χ0n) is 10.2. The minimum absolute atomic E-state index is 0.141. The molecule has 0 spiro atoms. The van der Waals surface area contributed by atoms with E-state index in [0.717, 1.165) is 28.8 Å². The summed E-state index contributed by atoms with van der Waals surface area (Å²) in [4.78, 5) is 20.5. The molecule has 0 atom stereocenters. The van der Waals surface area contributed by atoms with Gasteiger partial charge in [0.1, 0.15) is 10.6 Å². The van der Waals surface area contributed by atoms with Crippen molar-refractivity contribution in [1.82, 2.24) is 0 Å². The molecule has 0 aliphatic heterocycles. The van der Waals surface area contributed by atoms with Gasteiger partial charge in [-0.05, 0) is 12.1 Å². The van der Waals surface area contributed by atoms with Crippen LogP contribution in [0.2, 0.25) is 0 Å². The number of carboxylic acid groups (broad SMARTS) is 1. The van der Waals surface area contributed by atoms with E-state index in [4.69, 9.17) is 5.11 Å². The largest absolute Gasteiger partial charge is 0.477 e. The molecule has 0 saturated heterocycles. The van der Waals surface area contributed by atoms with Crippen LogP contribution in [0, 0.1) is 10.1 Å². The number of nitro benzene ring substituents is 1. The van der Waals surface area contributed by atoms with E-state index in [1.807, 2.05) is 0 Å². The summed E-state index contributed by atoms with van der Waals surface area (Å²) in [7, 11) is -4.09. The van der Waals surface area contributed by atoms with Crippen LogP contribution >= 0.6 is 11.3 Å². The highest BCUT2D eigenvalue weighted by Gasteiger charge is 2.22. The van der Waals surface area contributed by atoms with Gasteiger partial charge >= 0.3 is 5.97 Å². The van der Waals surface area contributed by atoms with Crippen LogP contribution in [0.1, 0.15) is 9.67 Å². The minimum atomic E-state index is -4.09. The highest BCUT2D eigenvalue weighted by molar-refractivity contribution is 7.92. The number of nitrogens with one attached hydrogen (secondary N) is 1. The number of rotatable bonds is 5. The lowest BCUT2D eigenvalue weighted by Gasteiger charge is -2.06. The first kappa shape index (κ1) is 14.9. The van der Waals surface area contributed by atoms with Crippen molar-refractivity contribution in [2.75, 3.05) is 4.72 Å². The second-order valence-corrected chi connectivity index (χ2v) is 6.43. The zero-order chi connectivity index (χ0) is 15.6. The molecule has 2 N–H and O–H groups in total. The third kappa shape index (κ3) is 3.17. The van der Waals surface area contributed by atoms with E-state index in [-0.39, 0.29) is 15.5 Å². The van der Waals surface area contributed by atoms with E-state index >= 15 is 0 Å². The molecule has 0 unspecified atom stereocenters. The summed E-state index contributed by atoms with van der Waals surface area (Å²) < 4.78 is 26.3. The Morgan fingerprint density at radius 2 is 2.00 bits per heavy atom. The predicted molar refractivity (Wildman–Crippen MR) is 75.2 cm³/mol. The van der Waals surface area contributed by atoms with Crippen LogP contribution in [0.3, 0.4) is 0 Å². The van der Waals surface area contributed by atoms with E-state index in [2.05, 4.69) is 4.72 Å². The number of carboxylic acids is 1. The van der Waals surface area contributed by atoms with Crippen molar-refractivity contribution in [3.05, 3.63) is 50.7 Å². The first-order chi connectivity index (χ1) is 9.81. The smallest absolute Gasteiger partial charge is 0.345 e. The highest BCUT2D eigenvalue weighted by atomic mass is 32.2. The number of nitrogens with zero attached hydrogens (tertiary/aromatic N) is 1. The number of nitro groups is 1. The third-order valence-corrected chi connectivity index (χ3v) is 4.85. The average Bonchev–Trinajstić information content (AvgIpc) is 2.89. The number of aromatic carboxylic acids is 1. The standard InChI is InChI=1S/C11H8N2O6S2/c14-11(15)10-5-7(6-20-10)21(18,19)12-8-3-1-2-4-9(8)13(16)17/h1-6,12H,(H,14,15). The summed E-state index contributed by atoms with van der Waals surface area (Å²) in [5.41, 5.74) is -0.583. The second-order valence-electron chi connectivity index (χ2n) is 3.83. The molecule has 1 heterocycles. The summed E-state index contributed by atoms with van der Waals surface area (Å²) >= 11 is 0.753. The summed E-state index contributed by atoms with van der Waals surface area (Å²) in [5.74, 6) is -1.24. The fourth-order valence-electron chi connectivity index (χ4n) is 1.49. The van der Waals surface area contributed by atoms with E-state index in [1.165, 1.54) is 18.2 Å². The van der Waals surface area contributed by atoms with Gasteiger partial charge in [0, 0.05) is 11.4 Å². The molecule has 2 rings (SSSR count). The SMILES string of the molecule is O=C(O)c1cc(S(=O)(=O)Nc2ccccc2[N+](=O)[O-])cs1. The molecule has 0 fully saturated rings. The van der Waals surface area contributed by atoms with Crippen molar-refractivity contribution >= 4 is 38.7 Å². The molecular formula is C11H8N2O6S2. The third-order valence-electron chi connectivity index (χ3n) is 2.44. The molecule has 0 aliphatic carbocycles. The van der Waals surface area contributed by atoms with Crippen LogP contribution in [-0.2, 0) is 10.0 Å². The van der Waals surface area contributed by atoms with Gasteiger partial charge < -0.3 is 5.11 Å². The van der Waals surface area contributed by atoms with Gasteiger partial charge in [-0.15, -0.1) is 11.3 Å². The van der Waals surface area contributed by atoms with Crippen molar-refractivity contribution in [2.45, 2.75) is 4.90 Å². The molecule has 1 aromatic heterocycles. The Kier molecular flexibility index (Phi) is 3.91. The minimum Gasteiger partial charge on any atom is -0.477 e. The van der Waals surface area contributed by atoms with Crippen LogP contribution in [0.15, 0.2) is 40.6 Å². The zero-order valence-corrected chi connectivity index (χ0v) is 11.8. The topological polar surface area (TPSA) is 127 Å². The van der Waals surface area contributed by atoms with Crippen LogP contribution < -0.4 is 4.72 Å². The van der Waals surface area contributed by atoms with Crippen molar-refractivity contribution < 1.29 is 23.2 Å². The summed E-state index contributed by atoms with van der Waals surface area (Å²) in [5, 5.41) is 20.8. The second kappa shape index (κ2) is 5.50. The Labute approximate surface area is 122 Å². The molecule has 8 nitrogen and oxygen atoms in total. The molecule has 0 amide bonds. The van der Waals surface area contributed by atoms with Crippen molar-refractivity contribution in [2.24, 2.45) is 0 Å². The molecule has 10 heteroatoms. The van der Waals surface area contributed by atoms with Gasteiger partial charge in [-0.25, -0.2) is 13.2 Å². The molecular weight excluding hydrogens is 320 g/mol. The van der Waals surface area contributed by atoms with Gasteiger partial charge in [-0.2, -0.15) is 0 Å². The summed E-state index contributed by atoms with van der Waals surface area (Å²) in [6.07, 6.45) is 0. The molecule has 0 saturated carbocycles. The quantitative estimate of drug-likeness (QED) is 0.639. The average molecular weight is 328 g/mol. The van der Waals surface area contributed by atoms with Gasteiger partial charge in [-0.3, -0.25) is 14.8 Å². The molecule has 0 radical (unpaired) electrons. The number of carbonyl (C=O) groups is 1. The molecule has 2 aromatic rings. The number of hydrogen-bond acceptors (Lipinski definition) is 6. The van der Waals surface area contributed by atoms with Gasteiger partial charge in [-0.1, -0.05) is 12.1 Å². The van der Waals surface area contributed by atoms with E-state index in [9.17, 15) is 23.3 Å². The van der Waals surface area contributed by atoms with E-state index < -0.39 is 26.6 Å². The Hall–Kier alpha value is -2.46. The fourth-order valence-corrected chi connectivity index (χ4v) is 3.68. The van der Waals surface area contributed by atoms with Crippen LogP contribution in [0.5, 0.6) is 0 Å². The predicted octanol–water partition coefficient (Wildman–Crippen LogP) is 2.16. The van der Waals surface area contributed by atoms with Crippen LogP contribution in [0.25, 0.3) is 0 Å². The molecule has 110 valence electrons. The Morgan fingerprint density at radius 3 is 2.57 bits per heavy atom. The lowest BCUT2D eigenvalue weighted by atomic mass is 10.3. The van der Waals surface area contributed by atoms with E-state index in [0.29, 0.717) is 0 Å². The molecule has 0 aliphatic rings. The normalized spacial score (nSPS) is 11.0. The first-order valence-corrected chi connectivity index (χ1v) is 7.75. The van der Waals surface area contributed by atoms with E-state index in [1.54, 1.807) is 0 Å². The van der Waals surface area contributed by atoms with Gasteiger partial charge in [0.25, 0.3) is 15.7 Å². The maximum Gasteiger partial charge on any atom is 0.345 e. The highest BCUT2D eigenvalue weighted by Crippen LogP contribution is 2.27. The molecule has 21 heavy (non-hydrogen) atoms. The summed E-state index contributed by atoms with van der Waals surface area (Å²) in [6.45, 7) is 0. The number of para-hydroxylation sites is 2. The van der Waals surface area contributed by atoms with Crippen molar-refractivity contribution in [3.8, 4) is 0 Å². The van der Waals surface area contributed by atoms with Crippen molar-refractivity contribution in [3.63, 3.8) is 0 Å². The number of thiophene rings is 1. The molecule has 0 bridgehead atoms. The fraction of sp³-hybridized carbons (Fsp3) is 0. The van der Waals surface area contributed by atoms with Crippen LogP contribution in [-0.4, -0.2) is 24.4 Å². The number of anilines is 1. The van der Waals surface area contributed by atoms with Gasteiger partial charge in [0.15, 0.2) is 0 Å². The lowest BCUT2D eigenvalue weighted by Crippen LogP contribution is -2.13. The summed E-state index contributed by atoms with van der Waals surface area (Å²) in [6, 6.07) is 6.25. The van der Waals surface area contributed by atoms with Gasteiger partial charge in [0.05, 0.1) is 9.82 Å². The molecule has 1 aromatic carbocycles. The van der Waals surface area contributed by atoms with Crippen molar-refractivity contribution in [1.29, 1.82) is 0 Å². The Bertz CT molecular complexity index is 812. The van der Waals surface area contributed by atoms with Crippen LogP contribution in [0.4, 0.5) is 11.4 Å². The lowest BCUT2D eigenvalue weighted by molar-refractivity contribution is -0.383. The maximum absolute atomic E-state index is 12.1. The number of hydrogen-bond donors (Lipinski definition) is 2. The van der Waals surface area contributed by atoms with Gasteiger partial charge in [0.2, 0.25) is 0 Å². The maximum atomic E-state index is 12.1. The Balaban J connectivity index is 2.37. The Morgan fingerprint density at radius 1 is 1.33 bits per heavy atom. The number of sulfonamides is 1. The first-order valence-electron chi connectivity index (χ1n) is 5.39.